The van der Waals surface area contributed by atoms with Crippen molar-refractivity contribution in [2.45, 2.75) is 6.92 Å². The average molecular weight is 355 g/mol. The van der Waals surface area contributed by atoms with Crippen LogP contribution in [0.3, 0.4) is 0 Å². The quantitative estimate of drug-likeness (QED) is 0.699. The first-order valence-electron chi connectivity index (χ1n) is 8.52. The highest BCUT2D eigenvalue weighted by atomic mass is 16.2. The van der Waals surface area contributed by atoms with E-state index in [1.54, 1.807) is 17.2 Å². The summed E-state index contributed by atoms with van der Waals surface area (Å²) >= 11 is 0. The fraction of sp³-hybridized carbons (Fsp3) is 0.438. The third-order valence-electron chi connectivity index (χ3n) is 4.54. The van der Waals surface area contributed by atoms with Crippen LogP contribution in [0.4, 0.5) is 11.5 Å². The van der Waals surface area contributed by atoms with Gasteiger partial charge in [0.2, 0.25) is 5.91 Å². The second kappa shape index (κ2) is 6.71. The summed E-state index contributed by atoms with van der Waals surface area (Å²) in [6, 6.07) is 1.96. The van der Waals surface area contributed by atoms with Gasteiger partial charge in [0.25, 0.3) is 5.78 Å². The number of anilines is 2. The van der Waals surface area contributed by atoms with Gasteiger partial charge in [-0.2, -0.15) is 5.10 Å². The predicted octanol–water partition coefficient (Wildman–Crippen LogP) is -0.0731. The standard InChI is InChI=1S/C16H21N9O/c1-12-13(9-22(2)21-12)19-14(26)10-23-5-7-24(8-6-23)15-3-4-17-16-20-18-11-25(15)16/h3-4,9,11H,5-8,10H2,1-2H3,(H,19,26). The number of piperazine rings is 1. The van der Waals surface area contributed by atoms with Gasteiger partial charge in [0.1, 0.15) is 12.1 Å². The third kappa shape index (κ3) is 3.23. The zero-order valence-electron chi connectivity index (χ0n) is 14.8. The monoisotopic (exact) mass is 355 g/mol. The molecule has 26 heavy (non-hydrogen) atoms. The van der Waals surface area contributed by atoms with Gasteiger partial charge in [-0.15, -0.1) is 10.2 Å². The van der Waals surface area contributed by atoms with Gasteiger partial charge in [0.05, 0.1) is 17.9 Å². The van der Waals surface area contributed by atoms with Gasteiger partial charge in [0.15, 0.2) is 0 Å². The number of amides is 1. The topological polar surface area (TPSA) is 96.5 Å². The zero-order chi connectivity index (χ0) is 18.1. The van der Waals surface area contributed by atoms with Crippen molar-refractivity contribution in [1.29, 1.82) is 0 Å². The summed E-state index contributed by atoms with van der Waals surface area (Å²) < 4.78 is 3.58. The Hall–Kier alpha value is -3.01. The summed E-state index contributed by atoms with van der Waals surface area (Å²) in [6.07, 6.45) is 5.24. The van der Waals surface area contributed by atoms with Crippen LogP contribution in [0.15, 0.2) is 24.8 Å². The molecule has 0 saturated carbocycles. The van der Waals surface area contributed by atoms with E-state index >= 15 is 0 Å². The molecule has 0 spiro atoms. The molecule has 10 nitrogen and oxygen atoms in total. The molecular formula is C16H21N9O. The maximum absolute atomic E-state index is 12.3. The first-order chi connectivity index (χ1) is 12.6. The Kier molecular flexibility index (Phi) is 4.25. The highest BCUT2D eigenvalue weighted by molar-refractivity contribution is 5.92. The fourth-order valence-corrected chi connectivity index (χ4v) is 3.24. The molecule has 136 valence electrons. The second-order valence-corrected chi connectivity index (χ2v) is 6.42. The largest absolute Gasteiger partial charge is 0.355 e. The summed E-state index contributed by atoms with van der Waals surface area (Å²) in [5.41, 5.74) is 1.59. The van der Waals surface area contributed by atoms with Gasteiger partial charge in [0, 0.05) is 45.6 Å². The minimum absolute atomic E-state index is 0.0142. The predicted molar refractivity (Wildman–Crippen MR) is 96.0 cm³/mol. The van der Waals surface area contributed by atoms with Crippen LogP contribution in [-0.4, -0.2) is 72.9 Å². The molecule has 10 heteroatoms. The Morgan fingerprint density at radius 3 is 2.81 bits per heavy atom. The highest BCUT2D eigenvalue weighted by Gasteiger charge is 2.21. The maximum atomic E-state index is 12.3. The number of nitrogens with zero attached hydrogens (tertiary/aromatic N) is 8. The molecule has 1 aliphatic heterocycles. The fourth-order valence-electron chi connectivity index (χ4n) is 3.24. The Labute approximate surface area is 150 Å². The van der Waals surface area contributed by atoms with Gasteiger partial charge in [-0.3, -0.25) is 18.8 Å². The molecule has 1 saturated heterocycles. The summed E-state index contributed by atoms with van der Waals surface area (Å²) in [5, 5.41) is 15.1. The number of nitrogens with one attached hydrogen (secondary N) is 1. The van der Waals surface area contributed by atoms with E-state index in [0.29, 0.717) is 12.3 Å². The van der Waals surface area contributed by atoms with Crippen LogP contribution >= 0.6 is 0 Å². The lowest BCUT2D eigenvalue weighted by Gasteiger charge is -2.35. The number of aromatic nitrogens is 6. The van der Waals surface area contributed by atoms with Crippen LogP contribution in [0.5, 0.6) is 0 Å². The lowest BCUT2D eigenvalue weighted by molar-refractivity contribution is -0.117. The molecular weight excluding hydrogens is 334 g/mol. The van der Waals surface area contributed by atoms with Gasteiger partial charge in [-0.25, -0.2) is 4.98 Å². The van der Waals surface area contributed by atoms with Gasteiger partial charge in [-0.1, -0.05) is 0 Å². The first-order valence-corrected chi connectivity index (χ1v) is 8.52. The molecule has 0 atom stereocenters. The Balaban J connectivity index is 1.34. The Morgan fingerprint density at radius 2 is 2.08 bits per heavy atom. The molecule has 1 fully saturated rings. The normalized spacial score (nSPS) is 15.5. The lowest BCUT2D eigenvalue weighted by Crippen LogP contribution is -2.49. The smallest absolute Gasteiger partial charge is 0.256 e. The molecule has 3 aromatic heterocycles. The van der Waals surface area contributed by atoms with Crippen molar-refractivity contribution in [3.63, 3.8) is 0 Å². The van der Waals surface area contributed by atoms with Crippen LogP contribution in [0.25, 0.3) is 5.78 Å². The van der Waals surface area contributed by atoms with Gasteiger partial charge < -0.3 is 10.2 Å². The SMILES string of the molecule is Cc1nn(C)cc1NC(=O)CN1CCN(c2ccnc3nncn23)CC1. The van der Waals surface area contributed by atoms with E-state index in [0.717, 1.165) is 43.4 Å². The number of rotatable bonds is 4. The van der Waals surface area contributed by atoms with E-state index in [1.807, 2.05) is 30.6 Å². The van der Waals surface area contributed by atoms with Crippen LogP contribution in [-0.2, 0) is 11.8 Å². The zero-order valence-corrected chi connectivity index (χ0v) is 14.8. The number of carbonyl (C=O) groups excluding carboxylic acids is 1. The van der Waals surface area contributed by atoms with Crippen LogP contribution in [0.1, 0.15) is 5.69 Å². The van der Waals surface area contributed by atoms with Crippen molar-refractivity contribution >= 4 is 23.2 Å². The maximum Gasteiger partial charge on any atom is 0.256 e. The number of hydrogen-bond donors (Lipinski definition) is 1. The molecule has 0 bridgehead atoms. The molecule has 0 aromatic carbocycles. The molecule has 0 aliphatic carbocycles. The number of fused-ring (bicyclic) bond motifs is 1. The number of aryl methyl sites for hydroxylation is 2. The number of carbonyl (C=O) groups is 1. The van der Waals surface area contributed by atoms with E-state index in [1.165, 1.54) is 0 Å². The van der Waals surface area contributed by atoms with E-state index in [2.05, 4.69) is 35.4 Å². The molecule has 0 unspecified atom stereocenters. The first kappa shape index (κ1) is 16.5. The van der Waals surface area contributed by atoms with E-state index in [4.69, 9.17) is 0 Å². The van der Waals surface area contributed by atoms with Crippen molar-refractivity contribution in [2.24, 2.45) is 7.05 Å². The van der Waals surface area contributed by atoms with Crippen LogP contribution in [0, 0.1) is 6.92 Å². The van der Waals surface area contributed by atoms with Crippen molar-refractivity contribution in [1.82, 2.24) is 34.3 Å². The van der Waals surface area contributed by atoms with Crippen molar-refractivity contribution < 1.29 is 4.79 Å². The Bertz CT molecular complexity index is 923. The summed E-state index contributed by atoms with van der Waals surface area (Å²) in [5.74, 6) is 1.60. The molecule has 3 aromatic rings. The van der Waals surface area contributed by atoms with Gasteiger partial charge in [-0.05, 0) is 13.0 Å². The molecule has 0 radical (unpaired) electrons. The molecule has 4 heterocycles. The molecule has 1 N–H and O–H groups in total. The second-order valence-electron chi connectivity index (χ2n) is 6.42. The van der Waals surface area contributed by atoms with Crippen molar-refractivity contribution in [2.75, 3.05) is 42.9 Å². The van der Waals surface area contributed by atoms with Crippen molar-refractivity contribution in [3.8, 4) is 0 Å². The van der Waals surface area contributed by atoms with Crippen LogP contribution in [0.2, 0.25) is 0 Å². The summed E-state index contributed by atoms with van der Waals surface area (Å²) in [4.78, 5) is 20.9. The lowest BCUT2D eigenvalue weighted by atomic mass is 10.3. The Morgan fingerprint density at radius 1 is 1.27 bits per heavy atom. The minimum atomic E-state index is -0.0142. The minimum Gasteiger partial charge on any atom is -0.355 e. The third-order valence-corrected chi connectivity index (χ3v) is 4.54. The van der Waals surface area contributed by atoms with Crippen molar-refractivity contribution in [3.05, 3.63) is 30.5 Å². The van der Waals surface area contributed by atoms with Gasteiger partial charge >= 0.3 is 0 Å². The average Bonchev–Trinajstić information content (AvgIpc) is 3.21. The molecule has 4 rings (SSSR count). The van der Waals surface area contributed by atoms with E-state index < -0.39 is 0 Å². The van der Waals surface area contributed by atoms with E-state index in [-0.39, 0.29) is 5.91 Å². The molecule has 1 aliphatic rings. The van der Waals surface area contributed by atoms with E-state index in [9.17, 15) is 4.79 Å². The summed E-state index contributed by atoms with van der Waals surface area (Å²) in [6.45, 7) is 5.54. The van der Waals surface area contributed by atoms with Crippen LogP contribution < -0.4 is 10.2 Å². The molecule has 1 amide bonds. The number of hydrogen-bond acceptors (Lipinski definition) is 7. The highest BCUT2D eigenvalue weighted by Crippen LogP contribution is 2.16. The summed E-state index contributed by atoms with van der Waals surface area (Å²) in [7, 11) is 1.84.